The number of allylic oxidation sites excluding steroid dienone is 2. The SMILES string of the molecule is CC(=O)COc1cc2c(C3=CN=C(Oc4ccc(Cl)cc4)C=CC3)noc2cc1Cl. The zero-order valence-electron chi connectivity index (χ0n) is 15.9. The second-order valence-corrected chi connectivity index (χ2v) is 7.43. The van der Waals surface area contributed by atoms with Crippen molar-refractivity contribution in [2.45, 2.75) is 13.3 Å². The topological polar surface area (TPSA) is 73.9 Å². The molecule has 30 heavy (non-hydrogen) atoms. The van der Waals surface area contributed by atoms with Gasteiger partial charge in [0.1, 0.15) is 23.8 Å². The predicted octanol–water partition coefficient (Wildman–Crippen LogP) is 5.88. The summed E-state index contributed by atoms with van der Waals surface area (Å²) in [4.78, 5) is 15.6. The summed E-state index contributed by atoms with van der Waals surface area (Å²) in [6, 6.07) is 10.4. The summed E-state index contributed by atoms with van der Waals surface area (Å²) in [6.45, 7) is 1.38. The molecule has 0 spiro atoms. The molecule has 0 radical (unpaired) electrons. The largest absolute Gasteiger partial charge is 0.484 e. The lowest BCUT2D eigenvalue weighted by Crippen LogP contribution is -2.06. The first-order valence-corrected chi connectivity index (χ1v) is 9.83. The van der Waals surface area contributed by atoms with Crippen LogP contribution in [0.3, 0.4) is 0 Å². The van der Waals surface area contributed by atoms with E-state index in [-0.39, 0.29) is 12.4 Å². The van der Waals surface area contributed by atoms with E-state index in [0.29, 0.717) is 45.1 Å². The normalized spacial score (nSPS) is 13.6. The van der Waals surface area contributed by atoms with Crippen molar-refractivity contribution in [1.29, 1.82) is 0 Å². The molecule has 0 atom stereocenters. The third kappa shape index (κ3) is 4.56. The highest BCUT2D eigenvalue weighted by atomic mass is 35.5. The van der Waals surface area contributed by atoms with E-state index in [1.54, 1.807) is 48.7 Å². The number of hydrogen-bond acceptors (Lipinski definition) is 6. The number of hydrogen-bond donors (Lipinski definition) is 0. The minimum atomic E-state index is -0.101. The number of aromatic nitrogens is 1. The Morgan fingerprint density at radius 2 is 2.00 bits per heavy atom. The fraction of sp³-hybridized carbons (Fsp3) is 0.136. The number of rotatable bonds is 5. The van der Waals surface area contributed by atoms with Crippen LogP contribution in [0, 0.1) is 0 Å². The van der Waals surface area contributed by atoms with Crippen molar-refractivity contribution >= 4 is 51.4 Å². The second kappa shape index (κ2) is 8.73. The standard InChI is InChI=1S/C22H16Cl2N2O4/c1-13(27)12-28-20-9-17-19(10-18(20)24)30-26-22(17)14-3-2-4-21(25-11-14)29-16-7-5-15(23)6-8-16/h2,4-11H,3,12H2,1H3. The molecule has 0 unspecified atom stereocenters. The third-order valence-electron chi connectivity index (χ3n) is 4.24. The summed E-state index contributed by atoms with van der Waals surface area (Å²) in [5.41, 5.74) is 1.97. The van der Waals surface area contributed by atoms with Crippen LogP contribution in [-0.2, 0) is 4.79 Å². The van der Waals surface area contributed by atoms with Gasteiger partial charge in [-0.15, -0.1) is 0 Å². The number of nitrogens with zero attached hydrogens (tertiary/aromatic N) is 2. The van der Waals surface area contributed by atoms with Crippen molar-refractivity contribution < 1.29 is 18.8 Å². The van der Waals surface area contributed by atoms with Gasteiger partial charge in [-0.3, -0.25) is 4.79 Å². The molecule has 152 valence electrons. The van der Waals surface area contributed by atoms with Crippen molar-refractivity contribution in [3.63, 3.8) is 0 Å². The molecule has 4 rings (SSSR count). The van der Waals surface area contributed by atoms with Crippen molar-refractivity contribution in [2.24, 2.45) is 4.99 Å². The Kier molecular flexibility index (Phi) is 5.88. The van der Waals surface area contributed by atoms with Crippen molar-refractivity contribution in [3.8, 4) is 11.5 Å². The minimum absolute atomic E-state index is 0.0625. The van der Waals surface area contributed by atoms with Gasteiger partial charge in [-0.2, -0.15) is 0 Å². The van der Waals surface area contributed by atoms with Gasteiger partial charge in [0.15, 0.2) is 11.4 Å². The first-order chi connectivity index (χ1) is 14.5. The monoisotopic (exact) mass is 442 g/mol. The first kappa shape index (κ1) is 20.2. The summed E-state index contributed by atoms with van der Waals surface area (Å²) in [6.07, 6.45) is 5.98. The van der Waals surface area contributed by atoms with Crippen molar-refractivity contribution in [3.05, 3.63) is 70.5 Å². The predicted molar refractivity (Wildman–Crippen MR) is 116 cm³/mol. The van der Waals surface area contributed by atoms with E-state index < -0.39 is 0 Å². The highest BCUT2D eigenvalue weighted by Gasteiger charge is 2.17. The molecule has 0 saturated heterocycles. The smallest absolute Gasteiger partial charge is 0.218 e. The molecule has 1 aliphatic heterocycles. The molecule has 2 heterocycles. The molecular weight excluding hydrogens is 427 g/mol. The van der Waals surface area contributed by atoms with E-state index in [9.17, 15) is 4.79 Å². The first-order valence-electron chi connectivity index (χ1n) is 9.08. The zero-order chi connectivity index (χ0) is 21.1. The fourth-order valence-corrected chi connectivity index (χ4v) is 3.16. The molecule has 2 aromatic carbocycles. The lowest BCUT2D eigenvalue weighted by molar-refractivity contribution is -0.118. The molecule has 0 bridgehead atoms. The fourth-order valence-electron chi connectivity index (χ4n) is 2.83. The van der Waals surface area contributed by atoms with Gasteiger partial charge >= 0.3 is 0 Å². The molecule has 6 nitrogen and oxygen atoms in total. The van der Waals surface area contributed by atoms with E-state index in [1.807, 2.05) is 6.08 Å². The van der Waals surface area contributed by atoms with Gasteiger partial charge in [-0.1, -0.05) is 34.4 Å². The Labute approximate surface area is 182 Å². The highest BCUT2D eigenvalue weighted by Crippen LogP contribution is 2.35. The van der Waals surface area contributed by atoms with Gasteiger partial charge in [-0.05, 0) is 49.8 Å². The third-order valence-corrected chi connectivity index (χ3v) is 4.79. The summed E-state index contributed by atoms with van der Waals surface area (Å²) in [5, 5.41) is 5.87. The molecule has 0 amide bonds. The maximum atomic E-state index is 11.2. The number of benzene rings is 2. The Bertz CT molecular complexity index is 1190. The number of ether oxygens (including phenoxy) is 2. The van der Waals surface area contributed by atoms with Crippen LogP contribution in [0.2, 0.25) is 10.0 Å². The molecule has 1 aliphatic rings. The van der Waals surface area contributed by atoms with E-state index in [1.165, 1.54) is 6.92 Å². The quantitative estimate of drug-likeness (QED) is 0.492. The van der Waals surface area contributed by atoms with Crippen molar-refractivity contribution in [1.82, 2.24) is 5.16 Å². The molecule has 0 fully saturated rings. The van der Waals surface area contributed by atoms with Crippen LogP contribution in [0.4, 0.5) is 0 Å². The Morgan fingerprint density at radius 3 is 2.77 bits per heavy atom. The Balaban J connectivity index is 1.62. The number of carbonyl (C=O) groups is 1. The van der Waals surface area contributed by atoms with Gasteiger partial charge in [0, 0.05) is 22.9 Å². The van der Waals surface area contributed by atoms with E-state index in [0.717, 1.165) is 11.0 Å². The van der Waals surface area contributed by atoms with Crippen LogP contribution >= 0.6 is 23.2 Å². The molecule has 0 aliphatic carbocycles. The highest BCUT2D eigenvalue weighted by molar-refractivity contribution is 6.32. The van der Waals surface area contributed by atoms with Gasteiger partial charge < -0.3 is 14.0 Å². The number of aliphatic imine (C=N–C) groups is 1. The summed E-state index contributed by atoms with van der Waals surface area (Å²) >= 11 is 12.1. The number of fused-ring (bicyclic) bond motifs is 1. The van der Waals surface area contributed by atoms with Gasteiger partial charge in [0.25, 0.3) is 0 Å². The van der Waals surface area contributed by atoms with Crippen LogP contribution < -0.4 is 9.47 Å². The molecule has 1 aromatic heterocycles. The van der Waals surface area contributed by atoms with Gasteiger partial charge in [0.05, 0.1) is 10.4 Å². The van der Waals surface area contributed by atoms with E-state index >= 15 is 0 Å². The summed E-state index contributed by atoms with van der Waals surface area (Å²) in [5.74, 6) is 1.36. The number of carbonyl (C=O) groups excluding carboxylic acids is 1. The van der Waals surface area contributed by atoms with Crippen LogP contribution in [0.1, 0.15) is 19.0 Å². The minimum Gasteiger partial charge on any atom is -0.484 e. The van der Waals surface area contributed by atoms with Crippen molar-refractivity contribution in [2.75, 3.05) is 6.61 Å². The van der Waals surface area contributed by atoms with Crippen LogP contribution in [0.25, 0.3) is 16.5 Å². The van der Waals surface area contributed by atoms with Gasteiger partial charge in [0.2, 0.25) is 5.90 Å². The number of Topliss-reactive ketones (excluding diaryl/α,β-unsaturated/α-hetero) is 1. The Morgan fingerprint density at radius 1 is 1.20 bits per heavy atom. The lowest BCUT2D eigenvalue weighted by atomic mass is 10.1. The zero-order valence-corrected chi connectivity index (χ0v) is 17.4. The maximum absolute atomic E-state index is 11.2. The second-order valence-electron chi connectivity index (χ2n) is 6.58. The molecular formula is C22H16Cl2N2O4. The summed E-state index contributed by atoms with van der Waals surface area (Å²) in [7, 11) is 0. The molecule has 0 saturated carbocycles. The molecule has 0 N–H and O–H groups in total. The van der Waals surface area contributed by atoms with Crippen LogP contribution in [0.15, 0.2) is 64.3 Å². The van der Waals surface area contributed by atoms with Crippen LogP contribution in [-0.4, -0.2) is 23.4 Å². The number of halogens is 2. The number of ketones is 1. The van der Waals surface area contributed by atoms with E-state index in [2.05, 4.69) is 10.1 Å². The summed E-state index contributed by atoms with van der Waals surface area (Å²) < 4.78 is 16.7. The average molecular weight is 443 g/mol. The molecule has 3 aromatic rings. The van der Waals surface area contributed by atoms with Gasteiger partial charge in [-0.25, -0.2) is 4.99 Å². The molecule has 8 heteroatoms. The maximum Gasteiger partial charge on any atom is 0.218 e. The Hall–Kier alpha value is -3.09. The average Bonchev–Trinajstić information content (AvgIpc) is 2.97. The van der Waals surface area contributed by atoms with E-state index in [4.69, 9.17) is 37.2 Å². The van der Waals surface area contributed by atoms with Crippen LogP contribution in [0.5, 0.6) is 11.5 Å². The lowest BCUT2D eigenvalue weighted by Gasteiger charge is -2.06.